The maximum atomic E-state index is 13.1. The Morgan fingerprint density at radius 1 is 1.09 bits per heavy atom. The molecule has 10 heteroatoms. The summed E-state index contributed by atoms with van der Waals surface area (Å²) >= 11 is 0. The molecule has 0 aliphatic carbocycles. The zero-order chi connectivity index (χ0) is 24.2. The highest BCUT2D eigenvalue weighted by Crippen LogP contribution is 2.32. The van der Waals surface area contributed by atoms with Crippen LogP contribution >= 0.6 is 0 Å². The number of rotatable bonds is 8. The molecule has 3 rings (SSSR count). The first-order valence-corrected chi connectivity index (χ1v) is 12.5. The lowest BCUT2D eigenvalue weighted by molar-refractivity contribution is -0.137. The van der Waals surface area contributed by atoms with E-state index in [4.69, 9.17) is 0 Å². The van der Waals surface area contributed by atoms with E-state index in [0.29, 0.717) is 4.31 Å². The SMILES string of the molecule is C[C@H](C(=O)NCc1cccc(CN2CCCC2)c1)N(c1cccc(C(F)(F)F)c1)S(C)(=O)=O. The number of amides is 1. The van der Waals surface area contributed by atoms with Crippen LogP contribution in [0.3, 0.4) is 0 Å². The highest BCUT2D eigenvalue weighted by Gasteiger charge is 2.34. The first-order valence-electron chi connectivity index (χ1n) is 10.7. The maximum Gasteiger partial charge on any atom is 0.416 e. The van der Waals surface area contributed by atoms with Crippen molar-refractivity contribution in [3.63, 3.8) is 0 Å². The average molecular weight is 484 g/mol. The van der Waals surface area contributed by atoms with Gasteiger partial charge in [0.25, 0.3) is 0 Å². The quantitative estimate of drug-likeness (QED) is 0.621. The Bertz CT molecular complexity index is 1080. The summed E-state index contributed by atoms with van der Waals surface area (Å²) in [7, 11) is -4.03. The molecule has 0 radical (unpaired) electrons. The molecule has 1 N–H and O–H groups in total. The molecule has 33 heavy (non-hydrogen) atoms. The van der Waals surface area contributed by atoms with Gasteiger partial charge < -0.3 is 5.32 Å². The van der Waals surface area contributed by atoms with Gasteiger partial charge in [0, 0.05) is 13.1 Å². The lowest BCUT2D eigenvalue weighted by atomic mass is 10.1. The molecule has 180 valence electrons. The van der Waals surface area contributed by atoms with Crippen LogP contribution in [0.25, 0.3) is 0 Å². The van der Waals surface area contributed by atoms with Gasteiger partial charge >= 0.3 is 6.18 Å². The standard InChI is InChI=1S/C23H28F3N3O3S/c1-17(29(33(2,31)32)21-10-6-9-20(14-21)23(24,25)26)22(30)27-15-18-7-5-8-19(13-18)16-28-11-3-4-12-28/h5-10,13-14,17H,3-4,11-12,15-16H2,1-2H3,(H,27,30)/t17-/m1/s1. The van der Waals surface area contributed by atoms with Crippen molar-refractivity contribution in [3.8, 4) is 0 Å². The number of sulfonamides is 1. The molecule has 0 unspecified atom stereocenters. The fourth-order valence-corrected chi connectivity index (χ4v) is 5.17. The van der Waals surface area contributed by atoms with E-state index in [2.05, 4.69) is 10.2 Å². The predicted molar refractivity (Wildman–Crippen MR) is 121 cm³/mol. The number of hydrogen-bond acceptors (Lipinski definition) is 4. The van der Waals surface area contributed by atoms with Crippen LogP contribution in [0, 0.1) is 0 Å². The van der Waals surface area contributed by atoms with Gasteiger partial charge in [0.05, 0.1) is 17.5 Å². The Morgan fingerprint density at radius 2 is 1.73 bits per heavy atom. The molecule has 6 nitrogen and oxygen atoms in total. The Morgan fingerprint density at radius 3 is 2.36 bits per heavy atom. The molecule has 1 heterocycles. The van der Waals surface area contributed by atoms with Crippen LogP contribution in [0.15, 0.2) is 48.5 Å². The van der Waals surface area contributed by atoms with Gasteiger partial charge in [0.1, 0.15) is 6.04 Å². The monoisotopic (exact) mass is 483 g/mol. The van der Waals surface area contributed by atoms with Crippen molar-refractivity contribution in [2.24, 2.45) is 0 Å². The molecule has 1 fully saturated rings. The number of alkyl halides is 3. The third-order valence-corrected chi connectivity index (χ3v) is 6.82. The van der Waals surface area contributed by atoms with E-state index >= 15 is 0 Å². The number of carbonyl (C=O) groups excluding carboxylic acids is 1. The second-order valence-corrected chi connectivity index (χ2v) is 10.2. The van der Waals surface area contributed by atoms with Gasteiger partial charge in [-0.15, -0.1) is 0 Å². The van der Waals surface area contributed by atoms with Crippen LogP contribution in [0.4, 0.5) is 18.9 Å². The number of likely N-dealkylation sites (tertiary alicyclic amines) is 1. The normalized spacial score (nSPS) is 15.9. The van der Waals surface area contributed by atoms with Crippen LogP contribution in [0.5, 0.6) is 0 Å². The maximum absolute atomic E-state index is 13.1. The molecule has 1 aliphatic rings. The highest BCUT2D eigenvalue weighted by molar-refractivity contribution is 7.92. The average Bonchev–Trinajstić information content (AvgIpc) is 3.24. The number of carbonyl (C=O) groups is 1. The minimum Gasteiger partial charge on any atom is -0.350 e. The van der Waals surface area contributed by atoms with E-state index in [1.807, 2.05) is 24.3 Å². The summed E-state index contributed by atoms with van der Waals surface area (Å²) in [6.45, 7) is 4.48. The molecule has 2 aromatic rings. The van der Waals surface area contributed by atoms with Crippen molar-refractivity contribution in [2.75, 3.05) is 23.7 Å². The van der Waals surface area contributed by atoms with E-state index in [-0.39, 0.29) is 12.2 Å². The Hall–Kier alpha value is -2.59. The van der Waals surface area contributed by atoms with E-state index in [9.17, 15) is 26.4 Å². The molecule has 1 saturated heterocycles. The van der Waals surface area contributed by atoms with Crippen molar-refractivity contribution in [1.29, 1.82) is 0 Å². The lowest BCUT2D eigenvalue weighted by Crippen LogP contribution is -2.47. The number of hydrogen-bond donors (Lipinski definition) is 1. The number of benzene rings is 2. The second-order valence-electron chi connectivity index (χ2n) is 8.30. The topological polar surface area (TPSA) is 69.7 Å². The number of nitrogens with zero attached hydrogens (tertiary/aromatic N) is 2. The minimum atomic E-state index is -4.63. The molecule has 1 aliphatic heterocycles. The zero-order valence-corrected chi connectivity index (χ0v) is 19.4. The second kappa shape index (κ2) is 10.1. The largest absolute Gasteiger partial charge is 0.416 e. The van der Waals surface area contributed by atoms with Gasteiger partial charge in [-0.2, -0.15) is 13.2 Å². The van der Waals surface area contributed by atoms with E-state index in [1.54, 1.807) is 0 Å². The summed E-state index contributed by atoms with van der Waals surface area (Å²) in [5, 5.41) is 2.71. The molecule has 0 aromatic heterocycles. The molecule has 2 aromatic carbocycles. The molecule has 0 saturated carbocycles. The van der Waals surface area contributed by atoms with Gasteiger partial charge in [0.15, 0.2) is 0 Å². The summed E-state index contributed by atoms with van der Waals surface area (Å²) in [5.41, 5.74) is 0.773. The molecule has 1 atom stereocenters. The van der Waals surface area contributed by atoms with Crippen LogP contribution in [0.1, 0.15) is 36.5 Å². The number of nitrogens with one attached hydrogen (secondary N) is 1. The van der Waals surface area contributed by atoms with Crippen molar-refractivity contribution in [2.45, 2.75) is 45.1 Å². The van der Waals surface area contributed by atoms with Gasteiger partial charge in [-0.25, -0.2) is 8.42 Å². The van der Waals surface area contributed by atoms with Crippen molar-refractivity contribution in [3.05, 3.63) is 65.2 Å². The Kier molecular flexibility index (Phi) is 7.69. The molecular weight excluding hydrogens is 455 g/mol. The summed E-state index contributed by atoms with van der Waals surface area (Å²) in [6, 6.07) is 10.5. The third kappa shape index (κ3) is 6.70. The first kappa shape index (κ1) is 25.0. The van der Waals surface area contributed by atoms with E-state index < -0.39 is 33.7 Å². The molecule has 1 amide bonds. The fourth-order valence-electron chi connectivity index (χ4n) is 4.00. The van der Waals surface area contributed by atoms with E-state index in [1.165, 1.54) is 25.8 Å². The van der Waals surface area contributed by atoms with Crippen LogP contribution in [-0.4, -0.2) is 44.6 Å². The van der Waals surface area contributed by atoms with Gasteiger partial charge in [-0.05, 0) is 62.2 Å². The zero-order valence-electron chi connectivity index (χ0n) is 18.6. The fraction of sp³-hybridized carbons (Fsp3) is 0.435. The van der Waals surface area contributed by atoms with Crippen LogP contribution in [-0.2, 0) is 34.1 Å². The number of anilines is 1. The minimum absolute atomic E-state index is 0.178. The van der Waals surface area contributed by atoms with Gasteiger partial charge in [-0.3, -0.25) is 14.0 Å². The smallest absolute Gasteiger partial charge is 0.350 e. The lowest BCUT2D eigenvalue weighted by Gasteiger charge is -2.28. The van der Waals surface area contributed by atoms with Crippen LogP contribution < -0.4 is 9.62 Å². The Balaban J connectivity index is 1.72. The summed E-state index contributed by atoms with van der Waals surface area (Å²) in [4.78, 5) is 15.1. The molecule has 0 bridgehead atoms. The number of halogens is 3. The first-order chi connectivity index (χ1) is 15.4. The predicted octanol–water partition coefficient (Wildman–Crippen LogP) is 3.77. The van der Waals surface area contributed by atoms with E-state index in [0.717, 1.165) is 55.2 Å². The molecule has 0 spiro atoms. The van der Waals surface area contributed by atoms with Crippen molar-refractivity contribution < 1.29 is 26.4 Å². The molecular formula is C23H28F3N3O3S. The van der Waals surface area contributed by atoms with Crippen LogP contribution in [0.2, 0.25) is 0 Å². The van der Waals surface area contributed by atoms with Gasteiger partial charge in [0.2, 0.25) is 15.9 Å². The summed E-state index contributed by atoms with van der Waals surface area (Å²) in [6.07, 6.45) is -1.39. The van der Waals surface area contributed by atoms with Crippen molar-refractivity contribution >= 4 is 21.6 Å². The summed E-state index contributed by atoms with van der Waals surface area (Å²) in [5.74, 6) is -0.609. The summed E-state index contributed by atoms with van der Waals surface area (Å²) < 4.78 is 64.8. The highest BCUT2D eigenvalue weighted by atomic mass is 32.2. The third-order valence-electron chi connectivity index (χ3n) is 5.58. The Labute approximate surface area is 192 Å². The van der Waals surface area contributed by atoms with Gasteiger partial charge in [-0.1, -0.05) is 30.3 Å². The van der Waals surface area contributed by atoms with Crippen molar-refractivity contribution in [1.82, 2.24) is 10.2 Å².